The van der Waals surface area contributed by atoms with Gasteiger partial charge in [0.25, 0.3) is 11.8 Å². The van der Waals surface area contributed by atoms with E-state index >= 15 is 0 Å². The average molecular weight is 396 g/mol. The highest BCUT2D eigenvalue weighted by atomic mass is 16.5. The topological polar surface area (TPSA) is 78.9 Å². The normalized spacial score (nSPS) is 18.9. The van der Waals surface area contributed by atoms with E-state index in [0.29, 0.717) is 17.0 Å². The smallest absolute Gasteiger partial charge is 0.260 e. The van der Waals surface area contributed by atoms with Crippen molar-refractivity contribution in [2.24, 2.45) is 0 Å². The molecule has 154 valence electrons. The number of aliphatic hydroxyl groups excluding tert-OH is 1. The molecule has 0 saturated carbocycles. The van der Waals surface area contributed by atoms with E-state index in [4.69, 9.17) is 4.74 Å². The van der Waals surface area contributed by atoms with E-state index in [-0.39, 0.29) is 37.1 Å². The fourth-order valence-corrected chi connectivity index (χ4v) is 3.79. The van der Waals surface area contributed by atoms with Crippen molar-refractivity contribution >= 4 is 17.5 Å². The third kappa shape index (κ3) is 5.35. The summed E-state index contributed by atoms with van der Waals surface area (Å²) >= 11 is 0. The zero-order valence-corrected chi connectivity index (χ0v) is 16.9. The van der Waals surface area contributed by atoms with Gasteiger partial charge < -0.3 is 20.1 Å². The van der Waals surface area contributed by atoms with Gasteiger partial charge in [0.2, 0.25) is 0 Å². The van der Waals surface area contributed by atoms with Crippen molar-refractivity contribution in [2.75, 3.05) is 11.9 Å². The second kappa shape index (κ2) is 9.56. The Hall–Kier alpha value is -2.86. The molecule has 6 heteroatoms. The van der Waals surface area contributed by atoms with Crippen molar-refractivity contribution in [3.8, 4) is 5.75 Å². The van der Waals surface area contributed by atoms with Gasteiger partial charge in [-0.25, -0.2) is 0 Å². The lowest BCUT2D eigenvalue weighted by molar-refractivity contribution is -0.139. The van der Waals surface area contributed by atoms with Crippen LogP contribution < -0.4 is 10.1 Å². The number of carbonyl (C=O) groups excluding carboxylic acids is 2. The maximum Gasteiger partial charge on any atom is 0.260 e. The number of hydrogen-bond acceptors (Lipinski definition) is 4. The van der Waals surface area contributed by atoms with Crippen molar-refractivity contribution in [1.29, 1.82) is 0 Å². The first-order chi connectivity index (χ1) is 14.0. The summed E-state index contributed by atoms with van der Waals surface area (Å²) in [6.07, 6.45) is 3.21. The van der Waals surface area contributed by atoms with Gasteiger partial charge in [-0.2, -0.15) is 0 Å². The molecule has 0 radical (unpaired) electrons. The molecule has 1 heterocycles. The van der Waals surface area contributed by atoms with Crippen LogP contribution >= 0.6 is 0 Å². The average Bonchev–Trinajstić information content (AvgIpc) is 2.72. The number of rotatable bonds is 6. The first-order valence-corrected chi connectivity index (χ1v) is 10.0. The number of anilines is 1. The number of carbonyl (C=O) groups is 2. The molecule has 1 aliphatic rings. The van der Waals surface area contributed by atoms with Crippen molar-refractivity contribution in [1.82, 2.24) is 4.90 Å². The monoisotopic (exact) mass is 396 g/mol. The Kier molecular flexibility index (Phi) is 6.88. The molecule has 2 atom stereocenters. The Morgan fingerprint density at radius 3 is 2.45 bits per heavy atom. The summed E-state index contributed by atoms with van der Waals surface area (Å²) in [5, 5.41) is 12.0. The zero-order valence-electron chi connectivity index (χ0n) is 16.9. The van der Waals surface area contributed by atoms with Crippen molar-refractivity contribution < 1.29 is 19.4 Å². The number of nitrogens with one attached hydrogen (secondary N) is 1. The van der Waals surface area contributed by atoms with Crippen molar-refractivity contribution in [2.45, 2.75) is 51.8 Å². The second-order valence-electron chi connectivity index (χ2n) is 7.56. The molecule has 3 rings (SSSR count). The van der Waals surface area contributed by atoms with Gasteiger partial charge in [0.05, 0.1) is 6.61 Å². The standard InChI is InChI=1S/C23H28N2O4/c1-16-5-3-6-17(2)25(16)22(27)15-29-21-11-9-19(10-12-21)23(28)24-20-8-4-7-18(13-20)14-26/h4,7-13,16-17,26H,3,5-6,14-15H2,1-2H3,(H,24,28). The summed E-state index contributed by atoms with van der Waals surface area (Å²) in [6.45, 7) is 4.08. The zero-order chi connectivity index (χ0) is 20.8. The van der Waals surface area contributed by atoms with Gasteiger partial charge >= 0.3 is 0 Å². The third-order valence-electron chi connectivity index (χ3n) is 5.33. The van der Waals surface area contributed by atoms with Crippen LogP contribution in [0.5, 0.6) is 5.75 Å². The summed E-state index contributed by atoms with van der Waals surface area (Å²) in [5.74, 6) is 0.295. The fourth-order valence-electron chi connectivity index (χ4n) is 3.79. The molecule has 2 aromatic rings. The Bertz CT molecular complexity index is 840. The van der Waals surface area contributed by atoms with E-state index in [1.807, 2.05) is 4.90 Å². The Balaban J connectivity index is 1.55. The number of ether oxygens (including phenoxy) is 1. The Morgan fingerprint density at radius 2 is 1.79 bits per heavy atom. The van der Waals surface area contributed by atoms with Crippen molar-refractivity contribution in [3.63, 3.8) is 0 Å². The van der Waals surface area contributed by atoms with Crippen LogP contribution in [0.25, 0.3) is 0 Å². The van der Waals surface area contributed by atoms with E-state index in [0.717, 1.165) is 24.8 Å². The highest BCUT2D eigenvalue weighted by Crippen LogP contribution is 2.23. The Labute approximate surface area is 171 Å². The van der Waals surface area contributed by atoms with Crippen LogP contribution in [0.4, 0.5) is 5.69 Å². The minimum atomic E-state index is -0.251. The predicted octanol–water partition coefficient (Wildman–Crippen LogP) is 3.60. The number of aliphatic hydroxyl groups is 1. The summed E-state index contributed by atoms with van der Waals surface area (Å²) in [7, 11) is 0. The molecule has 0 spiro atoms. The van der Waals surface area contributed by atoms with E-state index in [2.05, 4.69) is 19.2 Å². The summed E-state index contributed by atoms with van der Waals surface area (Å²) < 4.78 is 5.65. The van der Waals surface area contributed by atoms with E-state index in [1.54, 1.807) is 48.5 Å². The molecule has 1 fully saturated rings. The maximum atomic E-state index is 12.5. The molecule has 1 saturated heterocycles. The molecule has 2 aromatic carbocycles. The number of likely N-dealkylation sites (tertiary alicyclic amines) is 1. The molecule has 0 aromatic heterocycles. The van der Waals surface area contributed by atoms with E-state index < -0.39 is 0 Å². The van der Waals surface area contributed by atoms with Gasteiger partial charge in [0.1, 0.15) is 5.75 Å². The summed E-state index contributed by atoms with van der Waals surface area (Å²) in [4.78, 5) is 26.9. The quantitative estimate of drug-likeness (QED) is 0.782. The maximum absolute atomic E-state index is 12.5. The summed E-state index contributed by atoms with van der Waals surface area (Å²) in [5.41, 5.74) is 1.84. The van der Waals surface area contributed by atoms with Crippen LogP contribution in [0.2, 0.25) is 0 Å². The van der Waals surface area contributed by atoms with Crippen LogP contribution in [0, 0.1) is 0 Å². The molecular weight excluding hydrogens is 368 g/mol. The fraction of sp³-hybridized carbons (Fsp3) is 0.391. The highest BCUT2D eigenvalue weighted by Gasteiger charge is 2.28. The summed E-state index contributed by atoms with van der Waals surface area (Å²) in [6, 6.07) is 14.2. The first kappa shape index (κ1) is 20.9. The third-order valence-corrected chi connectivity index (χ3v) is 5.33. The lowest BCUT2D eigenvalue weighted by Gasteiger charge is -2.38. The lowest BCUT2D eigenvalue weighted by Crippen LogP contribution is -2.49. The van der Waals surface area contributed by atoms with Crippen LogP contribution in [-0.2, 0) is 11.4 Å². The van der Waals surface area contributed by atoms with Gasteiger partial charge in [-0.1, -0.05) is 12.1 Å². The van der Waals surface area contributed by atoms with E-state index in [1.165, 1.54) is 0 Å². The van der Waals surface area contributed by atoms with Crippen LogP contribution in [0.15, 0.2) is 48.5 Å². The van der Waals surface area contributed by atoms with Crippen molar-refractivity contribution in [3.05, 3.63) is 59.7 Å². The minimum Gasteiger partial charge on any atom is -0.484 e. The Morgan fingerprint density at radius 1 is 1.10 bits per heavy atom. The molecule has 2 N–H and O–H groups in total. The van der Waals surface area contributed by atoms with Crippen LogP contribution in [0.1, 0.15) is 49.0 Å². The SMILES string of the molecule is CC1CCCC(C)N1C(=O)COc1ccc(C(=O)Nc2cccc(CO)c2)cc1. The number of benzene rings is 2. The van der Waals surface area contributed by atoms with Gasteiger partial charge in [-0.05, 0) is 75.1 Å². The molecule has 0 aliphatic carbocycles. The molecular formula is C23H28N2O4. The molecule has 0 bridgehead atoms. The molecule has 2 amide bonds. The van der Waals surface area contributed by atoms with E-state index in [9.17, 15) is 14.7 Å². The number of hydrogen-bond donors (Lipinski definition) is 2. The van der Waals surface area contributed by atoms with Gasteiger partial charge in [0.15, 0.2) is 6.61 Å². The lowest BCUT2D eigenvalue weighted by atomic mass is 9.97. The second-order valence-corrected chi connectivity index (χ2v) is 7.56. The number of amides is 2. The number of nitrogens with zero attached hydrogens (tertiary/aromatic N) is 1. The minimum absolute atomic E-state index is 0.00437. The van der Waals surface area contributed by atoms with Crippen LogP contribution in [0.3, 0.4) is 0 Å². The molecule has 2 unspecified atom stereocenters. The first-order valence-electron chi connectivity index (χ1n) is 10.0. The van der Waals surface area contributed by atoms with Gasteiger partial charge in [0, 0.05) is 23.3 Å². The van der Waals surface area contributed by atoms with Gasteiger partial charge in [-0.15, -0.1) is 0 Å². The molecule has 29 heavy (non-hydrogen) atoms. The number of piperidine rings is 1. The highest BCUT2D eigenvalue weighted by molar-refractivity contribution is 6.04. The van der Waals surface area contributed by atoms with Crippen LogP contribution in [-0.4, -0.2) is 40.5 Å². The predicted molar refractivity (Wildman–Crippen MR) is 112 cm³/mol. The largest absolute Gasteiger partial charge is 0.484 e. The molecule has 6 nitrogen and oxygen atoms in total. The van der Waals surface area contributed by atoms with Gasteiger partial charge in [-0.3, -0.25) is 9.59 Å². The molecule has 1 aliphatic heterocycles.